The molecule has 0 radical (unpaired) electrons. The summed E-state index contributed by atoms with van der Waals surface area (Å²) in [5.41, 5.74) is 2.97. The van der Waals surface area contributed by atoms with Crippen molar-refractivity contribution in [2.75, 3.05) is 0 Å². The second-order valence-electron chi connectivity index (χ2n) is 4.44. The summed E-state index contributed by atoms with van der Waals surface area (Å²) >= 11 is 0. The summed E-state index contributed by atoms with van der Waals surface area (Å²) in [5.74, 6) is 0.419. The smallest absolute Gasteiger partial charge is 0.251 e. The van der Waals surface area contributed by atoms with Crippen LogP contribution in [0.15, 0.2) is 53.7 Å². The molecule has 1 N–H and O–H groups in total. The van der Waals surface area contributed by atoms with Gasteiger partial charge in [0, 0.05) is 24.0 Å². The lowest BCUT2D eigenvalue weighted by Crippen LogP contribution is -2.09. The third-order valence-electron chi connectivity index (χ3n) is 2.86. The third kappa shape index (κ3) is 2.47. The molecule has 3 rings (SSSR count). The van der Waals surface area contributed by atoms with E-state index in [1.165, 1.54) is 6.07 Å². The van der Waals surface area contributed by atoms with E-state index in [4.69, 9.17) is 0 Å². The second-order valence-corrected chi connectivity index (χ2v) is 4.44. The highest BCUT2D eigenvalue weighted by Gasteiger charge is 2.07. The van der Waals surface area contributed by atoms with E-state index in [0.29, 0.717) is 17.2 Å². The Balaban J connectivity index is 2.15. The van der Waals surface area contributed by atoms with Gasteiger partial charge in [0.05, 0.1) is 11.9 Å². The van der Waals surface area contributed by atoms with Gasteiger partial charge in [-0.05, 0) is 13.0 Å². The average molecular weight is 264 g/mol. The average Bonchev–Trinajstić information content (AvgIpc) is 2.47. The number of nitrogens with zero attached hydrogens (tertiary/aromatic N) is 3. The molecule has 2 heterocycles. The Labute approximate surface area is 115 Å². The summed E-state index contributed by atoms with van der Waals surface area (Å²) in [6, 6.07) is 9.34. The molecule has 2 aromatic heterocycles. The molecular formula is C15H12N4O. The van der Waals surface area contributed by atoms with Crippen LogP contribution in [-0.2, 0) is 0 Å². The zero-order chi connectivity index (χ0) is 13.9. The summed E-state index contributed by atoms with van der Waals surface area (Å²) < 4.78 is 0. The first-order valence-corrected chi connectivity index (χ1v) is 6.17. The number of aromatic amines is 1. The number of H-pyrrole nitrogens is 1. The molecule has 0 spiro atoms. The van der Waals surface area contributed by atoms with Crippen molar-refractivity contribution in [3.05, 3.63) is 64.8 Å². The molecular weight excluding hydrogens is 252 g/mol. The predicted octanol–water partition coefficient (Wildman–Crippen LogP) is 2.20. The molecule has 0 fully saturated rings. The lowest BCUT2D eigenvalue weighted by molar-refractivity contribution is 1.09. The van der Waals surface area contributed by atoms with Crippen molar-refractivity contribution in [2.24, 2.45) is 0 Å². The van der Waals surface area contributed by atoms with E-state index in [1.807, 2.05) is 31.2 Å². The van der Waals surface area contributed by atoms with Crippen LogP contribution in [0.3, 0.4) is 0 Å². The molecule has 0 saturated heterocycles. The zero-order valence-electron chi connectivity index (χ0n) is 10.9. The van der Waals surface area contributed by atoms with Gasteiger partial charge in [-0.2, -0.15) is 0 Å². The zero-order valence-corrected chi connectivity index (χ0v) is 10.9. The summed E-state index contributed by atoms with van der Waals surface area (Å²) in [7, 11) is 0. The van der Waals surface area contributed by atoms with Gasteiger partial charge in [-0.15, -0.1) is 0 Å². The molecule has 0 amide bonds. The first-order valence-electron chi connectivity index (χ1n) is 6.17. The minimum atomic E-state index is -0.211. The fraction of sp³-hybridized carbons (Fsp3) is 0.0667. The molecule has 0 bridgehead atoms. The lowest BCUT2D eigenvalue weighted by Gasteiger charge is -2.04. The molecule has 1 aromatic carbocycles. The maximum absolute atomic E-state index is 11.8. The van der Waals surface area contributed by atoms with Crippen molar-refractivity contribution in [2.45, 2.75) is 6.92 Å². The molecule has 0 aliphatic carbocycles. The predicted molar refractivity (Wildman–Crippen MR) is 76.1 cm³/mol. The first kappa shape index (κ1) is 12.2. The van der Waals surface area contributed by atoms with Crippen molar-refractivity contribution in [3.8, 4) is 22.8 Å². The maximum Gasteiger partial charge on any atom is 0.251 e. The largest absolute Gasteiger partial charge is 0.305 e. The highest BCUT2D eigenvalue weighted by molar-refractivity contribution is 5.62. The maximum atomic E-state index is 11.8. The summed E-state index contributed by atoms with van der Waals surface area (Å²) in [5, 5.41) is 0. The first-order chi connectivity index (χ1) is 9.72. The van der Waals surface area contributed by atoms with Crippen LogP contribution in [0.25, 0.3) is 22.8 Å². The van der Waals surface area contributed by atoms with Crippen molar-refractivity contribution in [3.63, 3.8) is 0 Å². The van der Waals surface area contributed by atoms with Crippen LogP contribution in [-0.4, -0.2) is 19.9 Å². The lowest BCUT2D eigenvalue weighted by atomic mass is 10.1. The van der Waals surface area contributed by atoms with E-state index >= 15 is 0 Å². The Kier molecular flexibility index (Phi) is 3.09. The van der Waals surface area contributed by atoms with E-state index in [9.17, 15) is 4.79 Å². The molecule has 0 unspecified atom stereocenters. The van der Waals surface area contributed by atoms with Gasteiger partial charge in [0.1, 0.15) is 5.69 Å². The summed E-state index contributed by atoms with van der Waals surface area (Å²) in [6.07, 6.45) is 4.71. The van der Waals surface area contributed by atoms with Gasteiger partial charge < -0.3 is 4.98 Å². The Morgan fingerprint density at radius 3 is 2.75 bits per heavy atom. The SMILES string of the molecule is Cc1cccc(-c2cc(=O)[nH]c(-c3cnccn3)n2)c1. The quantitative estimate of drug-likeness (QED) is 0.770. The van der Waals surface area contributed by atoms with Gasteiger partial charge in [-0.1, -0.05) is 23.8 Å². The highest BCUT2D eigenvalue weighted by Crippen LogP contribution is 2.18. The Morgan fingerprint density at radius 1 is 1.10 bits per heavy atom. The molecule has 0 aliphatic rings. The van der Waals surface area contributed by atoms with Gasteiger partial charge in [0.2, 0.25) is 0 Å². The van der Waals surface area contributed by atoms with E-state index in [1.54, 1.807) is 18.6 Å². The molecule has 0 atom stereocenters. The van der Waals surface area contributed by atoms with Crippen LogP contribution < -0.4 is 5.56 Å². The summed E-state index contributed by atoms with van der Waals surface area (Å²) in [4.78, 5) is 27.1. The normalized spacial score (nSPS) is 10.4. The van der Waals surface area contributed by atoms with Crippen LogP contribution in [0.5, 0.6) is 0 Å². The van der Waals surface area contributed by atoms with E-state index in [0.717, 1.165) is 11.1 Å². The molecule has 3 aromatic rings. The van der Waals surface area contributed by atoms with E-state index in [-0.39, 0.29) is 5.56 Å². The Morgan fingerprint density at radius 2 is 2.00 bits per heavy atom. The van der Waals surface area contributed by atoms with Gasteiger partial charge in [0.15, 0.2) is 5.82 Å². The van der Waals surface area contributed by atoms with Gasteiger partial charge in [0.25, 0.3) is 5.56 Å². The monoisotopic (exact) mass is 264 g/mol. The number of nitrogens with one attached hydrogen (secondary N) is 1. The van der Waals surface area contributed by atoms with Crippen LogP contribution in [0, 0.1) is 6.92 Å². The van der Waals surface area contributed by atoms with Gasteiger partial charge in [-0.25, -0.2) is 9.97 Å². The number of aryl methyl sites for hydroxylation is 1. The summed E-state index contributed by atoms with van der Waals surface area (Å²) in [6.45, 7) is 2.00. The van der Waals surface area contributed by atoms with Crippen LogP contribution in [0.2, 0.25) is 0 Å². The van der Waals surface area contributed by atoms with Crippen LogP contribution in [0.4, 0.5) is 0 Å². The Bertz CT molecular complexity index is 796. The number of benzene rings is 1. The minimum absolute atomic E-state index is 0.211. The van der Waals surface area contributed by atoms with E-state index < -0.39 is 0 Å². The molecule has 98 valence electrons. The van der Waals surface area contributed by atoms with E-state index in [2.05, 4.69) is 19.9 Å². The Hall–Kier alpha value is -2.82. The fourth-order valence-corrected chi connectivity index (χ4v) is 1.95. The number of hydrogen-bond acceptors (Lipinski definition) is 4. The van der Waals surface area contributed by atoms with Crippen LogP contribution in [0.1, 0.15) is 5.56 Å². The van der Waals surface area contributed by atoms with Crippen LogP contribution >= 0.6 is 0 Å². The standard InChI is InChI=1S/C15H12N4O/c1-10-3-2-4-11(7-10)12-8-14(20)19-15(18-12)13-9-16-5-6-17-13/h2-9H,1H3,(H,18,19,20). The molecule has 20 heavy (non-hydrogen) atoms. The van der Waals surface area contributed by atoms with Crippen molar-refractivity contribution >= 4 is 0 Å². The third-order valence-corrected chi connectivity index (χ3v) is 2.86. The number of hydrogen-bond donors (Lipinski definition) is 1. The molecule has 0 aliphatic heterocycles. The fourth-order valence-electron chi connectivity index (χ4n) is 1.95. The van der Waals surface area contributed by atoms with Gasteiger partial charge >= 0.3 is 0 Å². The molecule has 0 saturated carbocycles. The van der Waals surface area contributed by atoms with Crippen molar-refractivity contribution in [1.82, 2.24) is 19.9 Å². The van der Waals surface area contributed by atoms with Crippen molar-refractivity contribution in [1.29, 1.82) is 0 Å². The highest BCUT2D eigenvalue weighted by atomic mass is 16.1. The van der Waals surface area contributed by atoms with Gasteiger partial charge in [-0.3, -0.25) is 9.78 Å². The second kappa shape index (κ2) is 5.05. The topological polar surface area (TPSA) is 71.5 Å². The number of aromatic nitrogens is 4. The molecule has 5 heteroatoms. The number of rotatable bonds is 2. The molecule has 5 nitrogen and oxygen atoms in total. The van der Waals surface area contributed by atoms with Crippen molar-refractivity contribution < 1.29 is 0 Å². The minimum Gasteiger partial charge on any atom is -0.305 e.